The van der Waals surface area contributed by atoms with E-state index in [-0.39, 0.29) is 6.04 Å². The highest BCUT2D eigenvalue weighted by atomic mass is 16.5. The van der Waals surface area contributed by atoms with Crippen molar-refractivity contribution in [2.75, 3.05) is 20.3 Å². The fourth-order valence-electron chi connectivity index (χ4n) is 1.75. The SMILES string of the molecule is COC[C@H](O)CN[C@H](C)c1cc(C)oc1C. The number of hydrogen-bond donors (Lipinski definition) is 2. The third kappa shape index (κ3) is 3.63. The van der Waals surface area contributed by atoms with Crippen LogP contribution in [0.4, 0.5) is 0 Å². The van der Waals surface area contributed by atoms with Crippen LogP contribution < -0.4 is 5.32 Å². The molecular weight excluding hydrogens is 206 g/mol. The molecule has 4 nitrogen and oxygen atoms in total. The van der Waals surface area contributed by atoms with Gasteiger partial charge in [0.2, 0.25) is 0 Å². The van der Waals surface area contributed by atoms with Gasteiger partial charge in [0.05, 0.1) is 12.7 Å². The minimum Gasteiger partial charge on any atom is -0.466 e. The summed E-state index contributed by atoms with van der Waals surface area (Å²) in [7, 11) is 1.58. The second-order valence-corrected chi connectivity index (χ2v) is 4.11. The summed E-state index contributed by atoms with van der Waals surface area (Å²) in [5.74, 6) is 1.84. The molecule has 0 saturated heterocycles. The second kappa shape index (κ2) is 6.03. The first-order chi connectivity index (χ1) is 7.54. The van der Waals surface area contributed by atoms with Gasteiger partial charge in [0, 0.05) is 25.3 Å². The largest absolute Gasteiger partial charge is 0.466 e. The Bertz CT molecular complexity index is 322. The normalized spacial score (nSPS) is 15.1. The lowest BCUT2D eigenvalue weighted by Crippen LogP contribution is -2.31. The van der Waals surface area contributed by atoms with Crippen LogP contribution in [0.15, 0.2) is 10.5 Å². The lowest BCUT2D eigenvalue weighted by atomic mass is 10.1. The molecule has 0 aromatic carbocycles. The predicted octanol–water partition coefficient (Wildman–Crippen LogP) is 1.55. The summed E-state index contributed by atoms with van der Waals surface area (Å²) >= 11 is 0. The van der Waals surface area contributed by atoms with E-state index < -0.39 is 6.10 Å². The summed E-state index contributed by atoms with van der Waals surface area (Å²) in [5, 5.41) is 12.8. The van der Waals surface area contributed by atoms with Crippen LogP contribution in [0.2, 0.25) is 0 Å². The van der Waals surface area contributed by atoms with E-state index in [1.807, 2.05) is 19.9 Å². The third-order valence-electron chi connectivity index (χ3n) is 2.56. The molecule has 16 heavy (non-hydrogen) atoms. The van der Waals surface area contributed by atoms with Crippen molar-refractivity contribution in [2.24, 2.45) is 0 Å². The highest BCUT2D eigenvalue weighted by Gasteiger charge is 2.13. The van der Waals surface area contributed by atoms with E-state index in [9.17, 15) is 5.11 Å². The van der Waals surface area contributed by atoms with Crippen molar-refractivity contribution < 1.29 is 14.3 Å². The van der Waals surface area contributed by atoms with Gasteiger partial charge in [-0.1, -0.05) is 0 Å². The summed E-state index contributed by atoms with van der Waals surface area (Å²) in [4.78, 5) is 0. The Morgan fingerprint density at radius 1 is 1.50 bits per heavy atom. The predicted molar refractivity (Wildman–Crippen MR) is 62.5 cm³/mol. The van der Waals surface area contributed by atoms with Gasteiger partial charge in [0.25, 0.3) is 0 Å². The average Bonchev–Trinajstić information content (AvgIpc) is 2.55. The van der Waals surface area contributed by atoms with Gasteiger partial charge in [-0.3, -0.25) is 0 Å². The van der Waals surface area contributed by atoms with E-state index in [1.165, 1.54) is 0 Å². The smallest absolute Gasteiger partial charge is 0.105 e. The van der Waals surface area contributed by atoms with Crippen LogP contribution in [0.5, 0.6) is 0 Å². The van der Waals surface area contributed by atoms with Gasteiger partial charge in [0.15, 0.2) is 0 Å². The number of rotatable bonds is 6. The lowest BCUT2D eigenvalue weighted by molar-refractivity contribution is 0.0630. The Morgan fingerprint density at radius 3 is 2.69 bits per heavy atom. The second-order valence-electron chi connectivity index (χ2n) is 4.11. The van der Waals surface area contributed by atoms with Crippen LogP contribution in [0.25, 0.3) is 0 Å². The Morgan fingerprint density at radius 2 is 2.19 bits per heavy atom. The number of furan rings is 1. The molecule has 0 amide bonds. The van der Waals surface area contributed by atoms with Gasteiger partial charge >= 0.3 is 0 Å². The molecule has 2 atom stereocenters. The summed E-state index contributed by atoms with van der Waals surface area (Å²) in [6, 6.07) is 2.19. The van der Waals surface area contributed by atoms with Gasteiger partial charge in [0.1, 0.15) is 11.5 Å². The molecule has 0 saturated carbocycles. The minimum absolute atomic E-state index is 0.170. The molecule has 0 aliphatic heterocycles. The molecule has 4 heteroatoms. The van der Waals surface area contributed by atoms with E-state index in [0.29, 0.717) is 13.2 Å². The van der Waals surface area contributed by atoms with E-state index in [4.69, 9.17) is 9.15 Å². The van der Waals surface area contributed by atoms with Gasteiger partial charge in [-0.25, -0.2) is 0 Å². The molecule has 92 valence electrons. The van der Waals surface area contributed by atoms with Gasteiger partial charge in [-0.15, -0.1) is 0 Å². The molecule has 0 fully saturated rings. The number of aliphatic hydroxyl groups is 1. The molecule has 1 heterocycles. The molecule has 0 unspecified atom stereocenters. The Hall–Kier alpha value is -0.840. The fraction of sp³-hybridized carbons (Fsp3) is 0.667. The third-order valence-corrected chi connectivity index (χ3v) is 2.56. The van der Waals surface area contributed by atoms with Crippen molar-refractivity contribution in [2.45, 2.75) is 32.9 Å². The molecule has 0 aliphatic rings. The van der Waals surface area contributed by atoms with Crippen molar-refractivity contribution in [3.63, 3.8) is 0 Å². The Labute approximate surface area is 96.6 Å². The molecular formula is C12H21NO3. The highest BCUT2D eigenvalue weighted by Crippen LogP contribution is 2.20. The lowest BCUT2D eigenvalue weighted by Gasteiger charge is -2.16. The molecule has 1 aromatic rings. The van der Waals surface area contributed by atoms with Crippen LogP contribution in [-0.2, 0) is 4.74 Å². The molecule has 2 N–H and O–H groups in total. The summed E-state index contributed by atoms with van der Waals surface area (Å²) in [5.41, 5.74) is 1.14. The first-order valence-corrected chi connectivity index (χ1v) is 5.52. The number of methoxy groups -OCH3 is 1. The first kappa shape index (κ1) is 13.2. The Balaban J connectivity index is 2.46. The van der Waals surface area contributed by atoms with Crippen LogP contribution in [0.1, 0.15) is 30.0 Å². The van der Waals surface area contributed by atoms with Crippen molar-refractivity contribution in [3.8, 4) is 0 Å². The maximum absolute atomic E-state index is 9.51. The van der Waals surface area contributed by atoms with Crippen LogP contribution in [0, 0.1) is 13.8 Å². The average molecular weight is 227 g/mol. The summed E-state index contributed by atoms with van der Waals surface area (Å²) in [6.45, 7) is 6.80. The molecule has 0 aliphatic carbocycles. The molecule has 0 radical (unpaired) electrons. The zero-order chi connectivity index (χ0) is 12.1. The molecule has 0 bridgehead atoms. The van der Waals surface area contributed by atoms with Gasteiger partial charge < -0.3 is 19.6 Å². The minimum atomic E-state index is -0.472. The molecule has 1 rings (SSSR count). The Kier molecular flexibility index (Phi) is 4.99. The molecule has 0 spiro atoms. The van der Waals surface area contributed by atoms with Crippen molar-refractivity contribution in [3.05, 3.63) is 23.2 Å². The summed E-state index contributed by atoms with van der Waals surface area (Å²) < 4.78 is 10.3. The zero-order valence-corrected chi connectivity index (χ0v) is 10.4. The number of nitrogens with one attached hydrogen (secondary N) is 1. The van der Waals surface area contributed by atoms with E-state index in [2.05, 4.69) is 12.2 Å². The van der Waals surface area contributed by atoms with Crippen molar-refractivity contribution >= 4 is 0 Å². The van der Waals surface area contributed by atoms with E-state index in [1.54, 1.807) is 7.11 Å². The monoisotopic (exact) mass is 227 g/mol. The number of hydrogen-bond acceptors (Lipinski definition) is 4. The standard InChI is InChI=1S/C12H21NO3/c1-8-5-12(10(3)16-8)9(2)13-6-11(14)7-15-4/h5,9,11,13-14H,6-7H2,1-4H3/t9-,11-/m1/s1. The number of aryl methyl sites for hydroxylation is 2. The van der Waals surface area contributed by atoms with Crippen molar-refractivity contribution in [1.82, 2.24) is 5.32 Å². The quantitative estimate of drug-likeness (QED) is 0.774. The number of ether oxygens (including phenoxy) is 1. The van der Waals surface area contributed by atoms with Crippen LogP contribution in [-0.4, -0.2) is 31.5 Å². The summed E-state index contributed by atoms with van der Waals surface area (Å²) in [6.07, 6.45) is -0.472. The van der Waals surface area contributed by atoms with Gasteiger partial charge in [-0.2, -0.15) is 0 Å². The fourth-order valence-corrected chi connectivity index (χ4v) is 1.75. The first-order valence-electron chi connectivity index (χ1n) is 5.52. The van der Waals surface area contributed by atoms with Crippen LogP contribution >= 0.6 is 0 Å². The maximum Gasteiger partial charge on any atom is 0.105 e. The highest BCUT2D eigenvalue weighted by molar-refractivity contribution is 5.23. The maximum atomic E-state index is 9.51. The van der Waals surface area contributed by atoms with Gasteiger partial charge in [-0.05, 0) is 26.8 Å². The van der Waals surface area contributed by atoms with E-state index in [0.717, 1.165) is 17.1 Å². The van der Waals surface area contributed by atoms with Crippen LogP contribution in [0.3, 0.4) is 0 Å². The zero-order valence-electron chi connectivity index (χ0n) is 10.4. The topological polar surface area (TPSA) is 54.6 Å². The molecule has 1 aromatic heterocycles. The number of aliphatic hydroxyl groups excluding tert-OH is 1. The van der Waals surface area contributed by atoms with E-state index >= 15 is 0 Å². The van der Waals surface area contributed by atoms with Crippen molar-refractivity contribution in [1.29, 1.82) is 0 Å².